The third-order valence-corrected chi connectivity index (χ3v) is 7.56. The minimum atomic E-state index is -0.595. The predicted molar refractivity (Wildman–Crippen MR) is 146 cm³/mol. The number of methoxy groups -OCH3 is 1. The van der Waals surface area contributed by atoms with Crippen molar-refractivity contribution in [3.8, 4) is 16.2 Å². The molecule has 1 fully saturated rings. The van der Waals surface area contributed by atoms with E-state index in [4.69, 9.17) is 21.5 Å². The number of hydrogen-bond donors (Lipinski definition) is 4. The van der Waals surface area contributed by atoms with Crippen LogP contribution in [0.3, 0.4) is 0 Å². The molecule has 0 aliphatic heterocycles. The van der Waals surface area contributed by atoms with Crippen molar-refractivity contribution in [3.63, 3.8) is 0 Å². The quantitative estimate of drug-likeness (QED) is 0.133. The van der Waals surface area contributed by atoms with Crippen LogP contribution in [0.25, 0.3) is 10.4 Å². The number of benzene rings is 2. The Morgan fingerprint density at radius 2 is 1.83 bits per heavy atom. The highest BCUT2D eigenvalue weighted by molar-refractivity contribution is 7.99. The van der Waals surface area contributed by atoms with Gasteiger partial charge in [-0.25, -0.2) is 15.6 Å². The van der Waals surface area contributed by atoms with Crippen LogP contribution in [0.1, 0.15) is 18.4 Å². The topological polar surface area (TPSA) is 117 Å². The van der Waals surface area contributed by atoms with Crippen molar-refractivity contribution in [2.45, 2.75) is 30.0 Å². The first kappa shape index (κ1) is 27.6. The Balaban J connectivity index is 0.000000338. The van der Waals surface area contributed by atoms with Crippen LogP contribution in [0, 0.1) is 6.92 Å². The van der Waals surface area contributed by atoms with Crippen molar-refractivity contribution in [3.05, 3.63) is 84.2 Å². The molecule has 10 heteroatoms. The van der Waals surface area contributed by atoms with Gasteiger partial charge in [-0.2, -0.15) is 0 Å². The number of amides is 1. The van der Waals surface area contributed by atoms with Gasteiger partial charge in [0.25, 0.3) is 5.91 Å². The van der Waals surface area contributed by atoms with E-state index in [-0.39, 0.29) is 6.54 Å². The van der Waals surface area contributed by atoms with Gasteiger partial charge in [-0.15, -0.1) is 11.3 Å². The van der Waals surface area contributed by atoms with E-state index in [0.29, 0.717) is 18.3 Å². The molecule has 1 aromatic heterocycles. The molecule has 1 aliphatic rings. The molecule has 0 atom stereocenters. The van der Waals surface area contributed by atoms with Crippen LogP contribution in [-0.2, 0) is 4.79 Å². The molecule has 0 spiro atoms. The molecule has 2 aromatic carbocycles. The fourth-order valence-electron chi connectivity index (χ4n) is 3.20. The first-order valence-corrected chi connectivity index (χ1v) is 13.1. The van der Waals surface area contributed by atoms with Crippen LogP contribution in [0.2, 0.25) is 0 Å². The molecule has 4 rings (SSSR count). The standard InChI is InChI=1S/C18H23N5O2S2.C8H10O/c19-14(10-22(20)12-17(24)21-25)11-23(15-6-7-15)27-18-9-8-16(26-18)13-4-2-1-3-5-13;1-7-3-5-8(9-2)6-4-7/h1-5,8-10,15,25H,6-7,11-12,19-20H2,(H,21,24);3-6H,1-2H3/b14-10-;. The van der Waals surface area contributed by atoms with Crippen molar-refractivity contribution in [2.24, 2.45) is 11.6 Å². The fourth-order valence-corrected chi connectivity index (χ4v) is 5.58. The molecule has 1 saturated carbocycles. The first-order valence-electron chi connectivity index (χ1n) is 11.5. The molecule has 3 aromatic rings. The second-order valence-corrected chi connectivity index (χ2v) is 10.7. The van der Waals surface area contributed by atoms with Gasteiger partial charge < -0.3 is 15.5 Å². The van der Waals surface area contributed by atoms with E-state index >= 15 is 0 Å². The van der Waals surface area contributed by atoms with Gasteiger partial charge in [0, 0.05) is 22.8 Å². The van der Waals surface area contributed by atoms with Gasteiger partial charge in [0.05, 0.1) is 17.9 Å². The molecule has 0 radical (unpaired) electrons. The largest absolute Gasteiger partial charge is 0.497 e. The minimum Gasteiger partial charge on any atom is -0.497 e. The Hall–Kier alpha value is -3.02. The monoisotopic (exact) mass is 527 g/mol. The third kappa shape index (κ3) is 9.21. The molecule has 0 saturated heterocycles. The van der Waals surface area contributed by atoms with E-state index < -0.39 is 5.91 Å². The van der Waals surface area contributed by atoms with Crippen molar-refractivity contribution in [1.82, 2.24) is 14.8 Å². The van der Waals surface area contributed by atoms with Crippen molar-refractivity contribution >= 4 is 29.2 Å². The first-order chi connectivity index (χ1) is 17.4. The number of nitrogens with two attached hydrogens (primary N) is 2. The van der Waals surface area contributed by atoms with E-state index in [0.717, 1.165) is 23.6 Å². The summed E-state index contributed by atoms with van der Waals surface area (Å²) < 4.78 is 8.43. The summed E-state index contributed by atoms with van der Waals surface area (Å²) >= 11 is 3.46. The summed E-state index contributed by atoms with van der Waals surface area (Å²) in [6.07, 6.45) is 3.82. The van der Waals surface area contributed by atoms with Crippen molar-refractivity contribution in [1.29, 1.82) is 0 Å². The summed E-state index contributed by atoms with van der Waals surface area (Å²) in [4.78, 5) is 12.4. The Morgan fingerprint density at radius 3 is 2.44 bits per heavy atom. The third-order valence-electron chi connectivity index (χ3n) is 5.18. The number of ether oxygens (including phenoxy) is 1. The number of hydrogen-bond acceptors (Lipinski definition) is 9. The summed E-state index contributed by atoms with van der Waals surface area (Å²) in [6, 6.07) is 23.0. The number of nitrogens with one attached hydrogen (secondary N) is 1. The van der Waals surface area contributed by atoms with E-state index in [1.165, 1.54) is 26.4 Å². The predicted octanol–water partition coefficient (Wildman–Crippen LogP) is 4.37. The summed E-state index contributed by atoms with van der Waals surface area (Å²) in [5, 5.41) is 9.71. The second kappa shape index (κ2) is 13.9. The number of carbonyl (C=O) groups is 1. The molecule has 1 heterocycles. The molecule has 8 nitrogen and oxygen atoms in total. The average molecular weight is 528 g/mol. The Kier molecular flexibility index (Phi) is 10.6. The number of hydroxylamine groups is 1. The smallest absolute Gasteiger partial charge is 0.264 e. The molecule has 1 amide bonds. The normalized spacial score (nSPS) is 13.1. The maximum absolute atomic E-state index is 11.1. The maximum Gasteiger partial charge on any atom is 0.264 e. The lowest BCUT2D eigenvalue weighted by atomic mass is 10.2. The number of thiophene rings is 1. The lowest BCUT2D eigenvalue weighted by Gasteiger charge is -2.21. The molecular formula is C26H33N5O3S2. The minimum absolute atomic E-state index is 0.168. The molecule has 6 N–H and O–H groups in total. The van der Waals surface area contributed by atoms with Gasteiger partial charge >= 0.3 is 0 Å². The van der Waals surface area contributed by atoms with Crippen LogP contribution in [0.5, 0.6) is 5.75 Å². The van der Waals surface area contributed by atoms with Crippen LogP contribution in [0.15, 0.2) is 82.8 Å². The molecule has 36 heavy (non-hydrogen) atoms. The van der Waals surface area contributed by atoms with Gasteiger partial charge in [0.15, 0.2) is 0 Å². The number of nitrogens with zero attached hydrogens (tertiary/aromatic N) is 2. The summed E-state index contributed by atoms with van der Waals surface area (Å²) in [5.74, 6) is 6.04. The number of aryl methyl sites for hydroxylation is 1. The lowest BCUT2D eigenvalue weighted by molar-refractivity contribution is -0.129. The summed E-state index contributed by atoms with van der Waals surface area (Å²) in [6.45, 7) is 2.43. The van der Waals surface area contributed by atoms with Crippen LogP contribution in [0.4, 0.5) is 0 Å². The SMILES string of the molecule is COc1ccc(C)cc1.N/C(=C\N(N)CC(=O)NO)CN(Sc1ccc(-c2ccccc2)s1)C1CC1. The van der Waals surface area contributed by atoms with Crippen LogP contribution >= 0.6 is 23.3 Å². The van der Waals surface area contributed by atoms with Gasteiger partial charge in [-0.1, -0.05) is 48.0 Å². The fraction of sp³-hybridized carbons (Fsp3) is 0.269. The van der Waals surface area contributed by atoms with Crippen molar-refractivity contribution in [2.75, 3.05) is 20.2 Å². The Labute approximate surface area is 220 Å². The highest BCUT2D eigenvalue weighted by Crippen LogP contribution is 2.40. The van der Waals surface area contributed by atoms with Crippen molar-refractivity contribution < 1.29 is 14.7 Å². The molecular weight excluding hydrogens is 494 g/mol. The highest BCUT2D eigenvalue weighted by atomic mass is 32.2. The number of carbonyl (C=O) groups excluding carboxylic acids is 1. The molecule has 192 valence electrons. The summed E-state index contributed by atoms with van der Waals surface area (Å²) in [7, 11) is 1.67. The zero-order valence-corrected chi connectivity index (χ0v) is 22.1. The number of hydrazine groups is 1. The highest BCUT2D eigenvalue weighted by Gasteiger charge is 2.30. The van der Waals surface area contributed by atoms with Gasteiger partial charge in [0.1, 0.15) is 12.3 Å². The van der Waals surface area contributed by atoms with E-state index in [2.05, 4.69) is 35.5 Å². The maximum atomic E-state index is 11.1. The van der Waals surface area contributed by atoms with Crippen LogP contribution < -0.4 is 21.8 Å². The zero-order valence-electron chi connectivity index (χ0n) is 20.5. The number of rotatable bonds is 10. The second-order valence-electron chi connectivity index (χ2n) is 8.31. The Bertz CT molecular complexity index is 1120. The summed E-state index contributed by atoms with van der Waals surface area (Å²) in [5.41, 5.74) is 10.7. The Morgan fingerprint density at radius 1 is 1.14 bits per heavy atom. The molecule has 1 aliphatic carbocycles. The van der Waals surface area contributed by atoms with Crippen LogP contribution in [-0.4, -0.2) is 46.7 Å². The van der Waals surface area contributed by atoms with E-state index in [9.17, 15) is 4.79 Å². The van der Waals surface area contributed by atoms with Gasteiger partial charge in [-0.3, -0.25) is 10.0 Å². The van der Waals surface area contributed by atoms with Gasteiger partial charge in [-0.05, 0) is 61.5 Å². The lowest BCUT2D eigenvalue weighted by Crippen LogP contribution is -2.38. The molecule has 0 unspecified atom stereocenters. The average Bonchev–Trinajstić information content (AvgIpc) is 3.63. The molecule has 0 bridgehead atoms. The van der Waals surface area contributed by atoms with E-state index in [1.54, 1.807) is 35.9 Å². The zero-order chi connectivity index (χ0) is 25.9. The van der Waals surface area contributed by atoms with Gasteiger partial charge in [0.2, 0.25) is 0 Å². The van der Waals surface area contributed by atoms with E-state index in [1.807, 2.05) is 42.5 Å².